The predicted molar refractivity (Wildman–Crippen MR) is 175 cm³/mol. The molecular formula is C34H41FN6O7. The van der Waals surface area contributed by atoms with E-state index in [0.717, 1.165) is 11.0 Å². The molecule has 3 aromatic rings. The topological polar surface area (TPSA) is 172 Å². The molecule has 4 heterocycles. The van der Waals surface area contributed by atoms with Gasteiger partial charge in [0.1, 0.15) is 29.5 Å². The Hall–Kier alpha value is -4.85. The molecule has 14 heteroatoms. The van der Waals surface area contributed by atoms with E-state index in [4.69, 9.17) is 4.42 Å². The summed E-state index contributed by atoms with van der Waals surface area (Å²) >= 11 is 0. The summed E-state index contributed by atoms with van der Waals surface area (Å²) in [4.78, 5) is 79.3. The Bertz CT molecular complexity index is 1800. The van der Waals surface area contributed by atoms with Crippen molar-refractivity contribution in [3.05, 3.63) is 64.3 Å². The summed E-state index contributed by atoms with van der Waals surface area (Å²) in [5.41, 5.74) is -1.15. The van der Waals surface area contributed by atoms with Crippen LogP contribution in [0, 0.1) is 18.8 Å². The molecule has 48 heavy (non-hydrogen) atoms. The van der Waals surface area contributed by atoms with Crippen LogP contribution in [0.1, 0.15) is 55.6 Å². The number of aryl methyl sites for hydroxylation is 1. The van der Waals surface area contributed by atoms with Crippen LogP contribution in [0.25, 0.3) is 11.0 Å². The number of Topliss-reactive ketones (excluding diaryl/α,β-unsaturated/α-hetero) is 1. The Balaban J connectivity index is 1.29. The van der Waals surface area contributed by atoms with Crippen LogP contribution >= 0.6 is 0 Å². The molecule has 2 aromatic heterocycles. The largest absolute Gasteiger partial charge is 0.451 e. The highest BCUT2D eigenvalue weighted by Gasteiger charge is 2.45. The molecule has 0 aliphatic carbocycles. The fraction of sp³-hybridized carbons (Fsp3) is 0.471. The van der Waals surface area contributed by atoms with Gasteiger partial charge in [-0.2, -0.15) is 0 Å². The maximum atomic E-state index is 14.9. The molecule has 0 spiro atoms. The van der Waals surface area contributed by atoms with Crippen molar-refractivity contribution < 1.29 is 32.8 Å². The van der Waals surface area contributed by atoms with Gasteiger partial charge in [-0.15, -0.1) is 0 Å². The number of carbonyl (C=O) groups excluding carboxylic acids is 5. The van der Waals surface area contributed by atoms with Crippen LogP contribution < -0.4 is 26.8 Å². The lowest BCUT2D eigenvalue weighted by molar-refractivity contribution is -0.137. The fourth-order valence-electron chi connectivity index (χ4n) is 6.92. The monoisotopic (exact) mass is 664 g/mol. The molecule has 2 aliphatic heterocycles. The number of pyridine rings is 1. The van der Waals surface area contributed by atoms with Gasteiger partial charge in [0, 0.05) is 43.7 Å². The molecule has 1 aromatic carbocycles. The Morgan fingerprint density at radius 3 is 2.60 bits per heavy atom. The van der Waals surface area contributed by atoms with E-state index < -0.39 is 46.7 Å². The summed E-state index contributed by atoms with van der Waals surface area (Å²) in [6.45, 7) is 5.85. The number of halogens is 1. The van der Waals surface area contributed by atoms with Gasteiger partial charge >= 0.3 is 0 Å². The van der Waals surface area contributed by atoms with Crippen LogP contribution in [-0.4, -0.2) is 76.9 Å². The molecule has 2 bridgehead atoms. The van der Waals surface area contributed by atoms with Gasteiger partial charge in [-0.3, -0.25) is 33.7 Å². The summed E-state index contributed by atoms with van der Waals surface area (Å²) in [5.74, 6) is -3.32. The molecule has 0 saturated carbocycles. The molecule has 256 valence electrons. The summed E-state index contributed by atoms with van der Waals surface area (Å²) in [5, 5.41) is 11.0. The van der Waals surface area contributed by atoms with Crippen molar-refractivity contribution in [1.82, 2.24) is 25.4 Å². The number of fused-ring (bicyclic) bond motifs is 3. The quantitative estimate of drug-likeness (QED) is 0.226. The first-order valence-corrected chi connectivity index (χ1v) is 16.0. The number of benzene rings is 1. The van der Waals surface area contributed by atoms with Crippen LogP contribution in [0.15, 0.2) is 51.8 Å². The predicted octanol–water partition coefficient (Wildman–Crippen LogP) is 2.27. The van der Waals surface area contributed by atoms with Gasteiger partial charge in [-0.05, 0) is 63.1 Å². The summed E-state index contributed by atoms with van der Waals surface area (Å²) in [6.07, 6.45) is 1.70. The first-order valence-electron chi connectivity index (χ1n) is 16.0. The van der Waals surface area contributed by atoms with E-state index in [2.05, 4.69) is 21.3 Å². The number of anilines is 1. The number of ketones is 1. The van der Waals surface area contributed by atoms with E-state index in [1.54, 1.807) is 38.1 Å². The van der Waals surface area contributed by atoms with Gasteiger partial charge in [0.15, 0.2) is 5.76 Å². The third kappa shape index (κ3) is 7.64. The minimum absolute atomic E-state index is 0.0248. The average Bonchev–Trinajstić information content (AvgIpc) is 3.37. The number of hydrogen-bond acceptors (Lipinski definition) is 8. The number of likely N-dealkylation sites (N-methyl/N-ethyl adjacent to an activating group) is 1. The van der Waals surface area contributed by atoms with E-state index in [1.807, 2.05) is 11.8 Å². The minimum atomic E-state index is -1.34. The maximum Gasteiger partial charge on any atom is 0.287 e. The second-order valence-corrected chi connectivity index (χ2v) is 13.1. The molecular weight excluding hydrogens is 623 g/mol. The standard InChI is InChI=1S/C34H41FN6O7/c1-19-14-21-15-34(3,35)18-41(16-21)29(19)39-27(43)17-40-13-7-9-24(33(40)47)38-30(44)23(11-12-25(42)31(45)36-4)37-32(46)28-20(2)22-8-5-6-10-26(22)48-28/h5-10,13,19,21,23,29H,11-12,14-18H2,1-4H3,(H,36,45)(H,37,46)(H,38,44)(H,39,43)/t19?,21?,23-,29?,34?/m0/s1. The zero-order valence-electron chi connectivity index (χ0n) is 27.4. The second kappa shape index (κ2) is 14.1. The number of carbonyl (C=O) groups is 5. The molecule has 4 amide bonds. The lowest BCUT2D eigenvalue weighted by atomic mass is 9.77. The van der Waals surface area contributed by atoms with Gasteiger partial charge < -0.3 is 30.3 Å². The molecule has 5 unspecified atom stereocenters. The van der Waals surface area contributed by atoms with Crippen molar-refractivity contribution in [2.75, 3.05) is 25.5 Å². The van der Waals surface area contributed by atoms with Gasteiger partial charge in [0.05, 0.1) is 6.17 Å². The van der Waals surface area contributed by atoms with E-state index in [1.165, 1.54) is 25.4 Å². The zero-order chi connectivity index (χ0) is 34.7. The Morgan fingerprint density at radius 1 is 1.12 bits per heavy atom. The lowest BCUT2D eigenvalue weighted by Gasteiger charge is -2.50. The molecule has 2 aliphatic rings. The molecule has 6 atom stereocenters. The maximum absolute atomic E-state index is 14.9. The van der Waals surface area contributed by atoms with E-state index >= 15 is 0 Å². The molecule has 0 radical (unpaired) electrons. The lowest BCUT2D eigenvalue weighted by Crippen LogP contribution is -2.63. The third-order valence-electron chi connectivity index (χ3n) is 9.09. The number of amides is 4. The number of para-hydroxylation sites is 1. The fourth-order valence-corrected chi connectivity index (χ4v) is 6.92. The Morgan fingerprint density at radius 2 is 1.88 bits per heavy atom. The van der Waals surface area contributed by atoms with Crippen molar-refractivity contribution in [2.45, 2.75) is 70.9 Å². The van der Waals surface area contributed by atoms with Gasteiger partial charge in [-0.25, -0.2) is 4.39 Å². The Kier molecular flexibility index (Phi) is 10.1. The molecule has 13 nitrogen and oxygen atoms in total. The summed E-state index contributed by atoms with van der Waals surface area (Å²) in [7, 11) is 1.30. The van der Waals surface area contributed by atoms with E-state index in [9.17, 15) is 33.2 Å². The van der Waals surface area contributed by atoms with Crippen LogP contribution in [0.5, 0.6) is 0 Å². The third-order valence-corrected chi connectivity index (χ3v) is 9.09. The van der Waals surface area contributed by atoms with E-state index in [0.29, 0.717) is 29.5 Å². The number of piperidine rings is 2. The number of nitrogens with one attached hydrogen (secondary N) is 4. The Labute approximate surface area is 276 Å². The van der Waals surface area contributed by atoms with Crippen LogP contribution in [0.4, 0.5) is 10.1 Å². The number of hydrogen-bond donors (Lipinski definition) is 4. The van der Waals surface area contributed by atoms with Crippen LogP contribution in [0.3, 0.4) is 0 Å². The van der Waals surface area contributed by atoms with Crippen molar-refractivity contribution in [2.24, 2.45) is 11.8 Å². The average molecular weight is 665 g/mol. The number of rotatable bonds is 11. The summed E-state index contributed by atoms with van der Waals surface area (Å²) < 4.78 is 21.8. The van der Waals surface area contributed by atoms with Gasteiger partial charge in [0.25, 0.3) is 17.4 Å². The van der Waals surface area contributed by atoms with Crippen LogP contribution in [0.2, 0.25) is 0 Å². The highest BCUT2D eigenvalue weighted by atomic mass is 19.1. The minimum Gasteiger partial charge on any atom is -0.451 e. The van der Waals surface area contributed by atoms with Crippen molar-refractivity contribution in [3.63, 3.8) is 0 Å². The molecule has 2 saturated heterocycles. The molecule has 2 fully saturated rings. The number of nitrogens with zero attached hydrogens (tertiary/aromatic N) is 2. The highest BCUT2D eigenvalue weighted by molar-refractivity contribution is 6.36. The molecule has 5 rings (SSSR count). The number of alkyl halides is 1. The first kappa shape index (κ1) is 34.5. The number of aromatic nitrogens is 1. The SMILES string of the molecule is CNC(=O)C(=O)CC[C@H](NC(=O)c1oc2ccccc2c1C)C(=O)Nc1cccn(CC(=O)NC2C(C)CC3CN2CC(C)(F)C3)c1=O. The number of furan rings is 1. The summed E-state index contributed by atoms with van der Waals surface area (Å²) in [6, 6.07) is 8.54. The van der Waals surface area contributed by atoms with Crippen LogP contribution in [-0.2, 0) is 25.7 Å². The van der Waals surface area contributed by atoms with E-state index in [-0.39, 0.29) is 55.4 Å². The zero-order valence-corrected chi connectivity index (χ0v) is 27.4. The highest BCUT2D eigenvalue weighted by Crippen LogP contribution is 2.38. The van der Waals surface area contributed by atoms with Gasteiger partial charge in [-0.1, -0.05) is 25.1 Å². The van der Waals surface area contributed by atoms with Crippen molar-refractivity contribution >= 4 is 46.1 Å². The van der Waals surface area contributed by atoms with Crippen molar-refractivity contribution in [1.29, 1.82) is 0 Å². The normalized spacial score (nSPS) is 23.9. The van der Waals surface area contributed by atoms with Gasteiger partial charge in [0.2, 0.25) is 17.6 Å². The smallest absolute Gasteiger partial charge is 0.287 e. The van der Waals surface area contributed by atoms with Crippen molar-refractivity contribution in [3.8, 4) is 0 Å². The molecule has 4 N–H and O–H groups in total. The second-order valence-electron chi connectivity index (χ2n) is 13.1. The first-order chi connectivity index (χ1) is 22.8.